The predicted molar refractivity (Wildman–Crippen MR) is 315 cm³/mol. The number of ketones is 1. The number of carbonyl (C=O) groups is 7. The molecule has 1 aliphatic heterocycles. The average Bonchev–Trinajstić information content (AvgIpc) is 0.678. The maximum Gasteiger partial charge on any atom is 0.408 e. The summed E-state index contributed by atoms with van der Waals surface area (Å²) in [5.74, 6) is -6.69. The van der Waals surface area contributed by atoms with Crippen molar-refractivity contribution in [1.82, 2.24) is 5.32 Å². The van der Waals surface area contributed by atoms with Crippen LogP contribution in [0.5, 0.6) is 0 Å². The van der Waals surface area contributed by atoms with Crippen LogP contribution in [0.4, 0.5) is 4.79 Å². The molecule has 0 radical (unpaired) electrons. The number of aliphatic hydroxyl groups is 2. The summed E-state index contributed by atoms with van der Waals surface area (Å²) >= 11 is 0. The molecule has 2 bridgehead atoms. The number of carbonyl (C=O) groups excluding carboxylic acids is 7. The van der Waals surface area contributed by atoms with E-state index in [0.29, 0.717) is 18.4 Å². The Morgan fingerprint density at radius 2 is 1.25 bits per heavy atom. The van der Waals surface area contributed by atoms with Crippen LogP contribution in [0.25, 0.3) is 0 Å². The summed E-state index contributed by atoms with van der Waals surface area (Å²) in [6, 6.07) is 15.0. The molecule has 6 rings (SSSR count). The summed E-state index contributed by atoms with van der Waals surface area (Å²) in [6.45, 7) is 16.4. The second-order valence-corrected chi connectivity index (χ2v) is 25.7. The molecule has 4 aliphatic rings. The minimum absolute atomic E-state index is 0.0269. The van der Waals surface area contributed by atoms with Gasteiger partial charge in [0.15, 0.2) is 11.4 Å². The van der Waals surface area contributed by atoms with E-state index in [2.05, 4.69) is 19.2 Å². The zero-order valence-corrected chi connectivity index (χ0v) is 51.8. The van der Waals surface area contributed by atoms with Gasteiger partial charge in [-0.15, -0.1) is 0 Å². The maximum absolute atomic E-state index is 16.0. The largest absolute Gasteiger partial charge is 0.461 e. The molecule has 3 fully saturated rings. The van der Waals surface area contributed by atoms with Gasteiger partial charge in [-0.05, 0) is 76.3 Å². The van der Waals surface area contributed by atoms with Crippen LogP contribution in [-0.2, 0) is 57.1 Å². The number of ether oxygens (including phenoxy) is 7. The summed E-state index contributed by atoms with van der Waals surface area (Å²) in [5.41, 5.74) is -8.51. The highest BCUT2D eigenvalue weighted by atomic mass is 16.6. The molecule has 2 saturated carbocycles. The highest BCUT2D eigenvalue weighted by Gasteiger charge is 2.79. The average molecular weight is 1170 g/mol. The van der Waals surface area contributed by atoms with Gasteiger partial charge >= 0.3 is 35.9 Å². The number of nitrogens with one attached hydrogen (secondary N) is 1. The lowest BCUT2D eigenvalue weighted by atomic mass is 9.44. The number of esters is 5. The van der Waals surface area contributed by atoms with Gasteiger partial charge in [-0.1, -0.05) is 179 Å². The van der Waals surface area contributed by atoms with Crippen molar-refractivity contribution in [2.24, 2.45) is 16.7 Å². The number of rotatable bonds is 30. The van der Waals surface area contributed by atoms with Crippen LogP contribution in [0.3, 0.4) is 0 Å². The van der Waals surface area contributed by atoms with Gasteiger partial charge in [-0.25, -0.2) is 14.4 Å². The fourth-order valence-corrected chi connectivity index (χ4v) is 13.4. The van der Waals surface area contributed by atoms with Crippen molar-refractivity contribution in [3.8, 4) is 0 Å². The summed E-state index contributed by atoms with van der Waals surface area (Å²) in [5, 5.41) is 29.9. The molecule has 2 aromatic rings. The molecule has 466 valence electrons. The van der Waals surface area contributed by atoms with Gasteiger partial charge in [-0.3, -0.25) is 19.2 Å². The van der Waals surface area contributed by atoms with E-state index >= 15 is 9.59 Å². The smallest absolute Gasteiger partial charge is 0.408 e. The molecule has 0 aromatic heterocycles. The summed E-state index contributed by atoms with van der Waals surface area (Å²) in [6.07, 6.45) is 6.54. The third kappa shape index (κ3) is 16.0. The molecule has 11 atom stereocenters. The van der Waals surface area contributed by atoms with E-state index in [1.54, 1.807) is 90.1 Å². The van der Waals surface area contributed by atoms with Crippen molar-refractivity contribution in [3.63, 3.8) is 0 Å². The lowest BCUT2D eigenvalue weighted by Gasteiger charge is -2.67. The third-order valence-electron chi connectivity index (χ3n) is 18.0. The molecule has 3 aliphatic carbocycles. The molecule has 1 saturated heterocycles. The molecule has 1 heterocycles. The van der Waals surface area contributed by atoms with Crippen LogP contribution >= 0.6 is 0 Å². The van der Waals surface area contributed by atoms with Crippen molar-refractivity contribution >= 4 is 41.7 Å². The molecular weight excluding hydrogens is 1070 g/mol. The van der Waals surface area contributed by atoms with E-state index in [9.17, 15) is 34.2 Å². The van der Waals surface area contributed by atoms with Gasteiger partial charge in [0.2, 0.25) is 6.10 Å². The number of alkyl carbamates (subject to hydrolysis) is 1. The second kappa shape index (κ2) is 30.1. The molecule has 84 heavy (non-hydrogen) atoms. The normalized spacial score (nSPS) is 26.8. The minimum Gasteiger partial charge on any atom is -0.461 e. The SMILES string of the molecule is CCCCCCCCCCCC(=O)O[C@H]1C[C@H]2OC[C@@]2(OC(C)=O)[C@H]2[C@H](OC(=O)c3ccccc3)[C@]3(O)C[C@H](OC(=O)[C@H](OC(=O)CCCCCCCCCCC)[C@@H](NC(=O)OC(C)(C)C)c4ccccc4)C(C)=C([C@@H](O)C(=O)[C@]12C)C3(C)C. The summed E-state index contributed by atoms with van der Waals surface area (Å²) in [4.78, 5) is 101. The molecule has 17 nitrogen and oxygen atoms in total. The Bertz CT molecular complexity index is 2580. The lowest BCUT2D eigenvalue weighted by molar-refractivity contribution is -0.346. The van der Waals surface area contributed by atoms with E-state index in [0.717, 1.165) is 77.0 Å². The highest BCUT2D eigenvalue weighted by molar-refractivity contribution is 5.94. The van der Waals surface area contributed by atoms with Crippen LogP contribution in [0.15, 0.2) is 71.8 Å². The molecule has 1 amide bonds. The Morgan fingerprint density at radius 1 is 0.726 bits per heavy atom. The first-order valence-corrected chi connectivity index (χ1v) is 31.2. The Labute approximate surface area is 498 Å². The quantitative estimate of drug-likeness (QED) is 0.0285. The second-order valence-electron chi connectivity index (χ2n) is 25.7. The van der Waals surface area contributed by atoms with E-state index < -0.39 is 124 Å². The summed E-state index contributed by atoms with van der Waals surface area (Å²) in [7, 11) is 0. The van der Waals surface area contributed by atoms with Crippen LogP contribution in [0.1, 0.15) is 232 Å². The van der Waals surface area contributed by atoms with Crippen molar-refractivity contribution in [1.29, 1.82) is 0 Å². The van der Waals surface area contributed by atoms with Gasteiger partial charge < -0.3 is 48.7 Å². The first-order chi connectivity index (χ1) is 39.9. The zero-order chi connectivity index (χ0) is 61.5. The fourth-order valence-electron chi connectivity index (χ4n) is 13.4. The van der Waals surface area contributed by atoms with Gasteiger partial charge in [0.05, 0.1) is 23.5 Å². The predicted octanol–water partition coefficient (Wildman–Crippen LogP) is 12.2. The summed E-state index contributed by atoms with van der Waals surface area (Å²) < 4.78 is 43.7. The van der Waals surface area contributed by atoms with Crippen LogP contribution in [-0.4, -0.2) is 112 Å². The monoisotopic (exact) mass is 1170 g/mol. The van der Waals surface area contributed by atoms with E-state index in [4.69, 9.17) is 33.2 Å². The molecule has 0 spiro atoms. The van der Waals surface area contributed by atoms with Crippen molar-refractivity contribution in [3.05, 3.63) is 82.9 Å². The topological polar surface area (TPSA) is 237 Å². The molecule has 2 aromatic carbocycles. The number of aliphatic hydroxyl groups excluding tert-OH is 1. The fraction of sp³-hybridized carbons (Fsp3) is 0.687. The number of hydrogen-bond donors (Lipinski definition) is 3. The van der Waals surface area contributed by atoms with Crippen LogP contribution in [0.2, 0.25) is 0 Å². The van der Waals surface area contributed by atoms with Crippen molar-refractivity contribution in [2.75, 3.05) is 6.61 Å². The zero-order valence-electron chi connectivity index (χ0n) is 51.8. The van der Waals surface area contributed by atoms with Gasteiger partial charge in [-0.2, -0.15) is 0 Å². The maximum atomic E-state index is 16.0. The first kappa shape index (κ1) is 67.5. The number of hydrogen-bond acceptors (Lipinski definition) is 16. The molecule has 17 heteroatoms. The van der Waals surface area contributed by atoms with Gasteiger partial charge in [0, 0.05) is 38.0 Å². The Balaban J connectivity index is 1.43. The number of fused-ring (bicyclic) bond motifs is 5. The number of Topliss-reactive ketones (excluding diaryl/α,β-unsaturated/α-hetero) is 1. The number of unbranched alkanes of at least 4 members (excludes halogenated alkanes) is 16. The van der Waals surface area contributed by atoms with E-state index in [1.807, 2.05) is 0 Å². The Morgan fingerprint density at radius 3 is 1.76 bits per heavy atom. The van der Waals surface area contributed by atoms with E-state index in [1.165, 1.54) is 51.7 Å². The van der Waals surface area contributed by atoms with Gasteiger partial charge in [0.1, 0.15) is 47.8 Å². The molecule has 3 N–H and O–H groups in total. The van der Waals surface area contributed by atoms with Crippen LogP contribution in [0, 0.1) is 16.7 Å². The molecular formula is C67H97NO16. The van der Waals surface area contributed by atoms with Crippen molar-refractivity contribution < 1.29 is 76.9 Å². The highest BCUT2D eigenvalue weighted by Crippen LogP contribution is 2.64. The third-order valence-corrected chi connectivity index (χ3v) is 18.0. The van der Waals surface area contributed by atoms with Crippen LogP contribution < -0.4 is 5.32 Å². The Kier molecular flexibility index (Phi) is 24.2. The minimum atomic E-state index is -2.45. The number of benzene rings is 2. The standard InChI is InChI=1S/C67H97NO16/c1-11-13-15-17-19-21-23-25-33-39-51(70)80-49-41-50-66(43-78-50,83-45(4)69)57-59(82-60(74)47-37-31-28-32-38-47)67(77)42-48(44(3)53(64(67,8)9)55(72)58(73)65(49,57)10)79-61(75)56(81-52(71)40-34-26-24-22-20-18-16-14-12-2)54(46-35-29-27-30-36-46)68-62(76)84-63(5,6)7/h27-32,35-38,48-50,54-57,59,72,77H,11-26,33-34,39-43H2,1-10H3,(H,68,76)/t48-,49-,50+,54-,55+,56+,57-,59-,65+,66-,67+/m0/s1. The lowest BCUT2D eigenvalue weighted by Crippen LogP contribution is -2.82. The first-order valence-electron chi connectivity index (χ1n) is 31.2. The molecule has 0 unspecified atom stereocenters. The number of amides is 1. The van der Waals surface area contributed by atoms with Crippen molar-refractivity contribution in [2.45, 2.75) is 270 Å². The van der Waals surface area contributed by atoms with E-state index in [-0.39, 0.29) is 42.6 Å². The van der Waals surface area contributed by atoms with Gasteiger partial charge in [0.25, 0.3) is 0 Å². The Hall–Kier alpha value is -5.65.